The number of anilines is 2. The molecule has 5 heteroatoms. The number of benzene rings is 2. The first-order valence-corrected chi connectivity index (χ1v) is 8.97. The Kier molecular flexibility index (Phi) is 4.18. The van der Waals surface area contributed by atoms with E-state index in [1.165, 1.54) is 12.8 Å². The molecule has 26 heavy (non-hydrogen) atoms. The van der Waals surface area contributed by atoms with E-state index in [9.17, 15) is 14.9 Å². The first-order chi connectivity index (χ1) is 12.7. The van der Waals surface area contributed by atoms with Crippen molar-refractivity contribution in [1.29, 1.82) is 5.26 Å². The summed E-state index contributed by atoms with van der Waals surface area (Å²) in [6.45, 7) is 1.86. The van der Waals surface area contributed by atoms with Crippen LogP contribution in [0, 0.1) is 11.3 Å². The third-order valence-corrected chi connectivity index (χ3v) is 5.10. The zero-order valence-corrected chi connectivity index (χ0v) is 14.4. The lowest BCUT2D eigenvalue weighted by atomic mass is 10.1. The number of carbonyl (C=O) groups excluding carboxylic acids is 2. The van der Waals surface area contributed by atoms with Gasteiger partial charge in [-0.25, -0.2) is 4.90 Å². The second-order valence-electron chi connectivity index (χ2n) is 6.71. The summed E-state index contributed by atoms with van der Waals surface area (Å²) in [5.74, 6) is -0.672. The minimum atomic E-state index is -0.336. The molecule has 0 spiro atoms. The van der Waals surface area contributed by atoms with Gasteiger partial charge in [-0.15, -0.1) is 0 Å². The normalized spacial score (nSPS) is 17.0. The van der Waals surface area contributed by atoms with Crippen LogP contribution in [0.2, 0.25) is 0 Å². The van der Waals surface area contributed by atoms with Crippen LogP contribution < -0.4 is 9.80 Å². The van der Waals surface area contributed by atoms with Crippen molar-refractivity contribution in [3.05, 3.63) is 59.2 Å². The first-order valence-electron chi connectivity index (χ1n) is 8.97. The van der Waals surface area contributed by atoms with Gasteiger partial charge >= 0.3 is 0 Å². The van der Waals surface area contributed by atoms with Gasteiger partial charge in [0.25, 0.3) is 11.8 Å². The number of imide groups is 1. The summed E-state index contributed by atoms with van der Waals surface area (Å²) in [6.07, 6.45) is 4.66. The van der Waals surface area contributed by atoms with E-state index in [2.05, 4.69) is 11.0 Å². The number of hydrogen-bond acceptors (Lipinski definition) is 4. The summed E-state index contributed by atoms with van der Waals surface area (Å²) in [6, 6.07) is 14.3. The van der Waals surface area contributed by atoms with Crippen LogP contribution in [0.25, 0.3) is 0 Å². The fraction of sp³-hybridized carbons (Fsp3) is 0.286. The molecular weight excluding hydrogens is 326 g/mol. The second kappa shape index (κ2) is 6.64. The van der Waals surface area contributed by atoms with Crippen molar-refractivity contribution in [3.63, 3.8) is 0 Å². The smallest absolute Gasteiger partial charge is 0.266 e. The van der Waals surface area contributed by atoms with E-state index in [1.54, 1.807) is 36.4 Å². The van der Waals surface area contributed by atoms with Crippen molar-refractivity contribution in [2.45, 2.75) is 25.7 Å². The minimum absolute atomic E-state index is 0.336. The lowest BCUT2D eigenvalue weighted by Crippen LogP contribution is -2.30. The standard InChI is InChI=1S/C21H19N3O2/c22-14-15-13-16(9-10-19(15)23-11-5-1-2-6-12-23)24-20(25)17-7-3-4-8-18(17)21(24)26/h3-4,7-10,13H,1-2,5-6,11-12H2. The van der Waals surface area contributed by atoms with Crippen molar-refractivity contribution in [1.82, 2.24) is 0 Å². The molecule has 2 aromatic rings. The molecule has 2 aliphatic rings. The molecule has 0 unspecified atom stereocenters. The van der Waals surface area contributed by atoms with Crippen molar-refractivity contribution >= 4 is 23.2 Å². The summed E-state index contributed by atoms with van der Waals surface area (Å²) >= 11 is 0. The van der Waals surface area contributed by atoms with Crippen LogP contribution >= 0.6 is 0 Å². The van der Waals surface area contributed by atoms with Crippen molar-refractivity contribution in [2.75, 3.05) is 22.9 Å². The van der Waals surface area contributed by atoms with Gasteiger partial charge in [-0.05, 0) is 43.2 Å². The van der Waals surface area contributed by atoms with E-state index in [1.807, 2.05) is 6.07 Å². The largest absolute Gasteiger partial charge is 0.370 e. The van der Waals surface area contributed by atoms with Gasteiger partial charge in [-0.3, -0.25) is 9.59 Å². The SMILES string of the molecule is N#Cc1cc(N2C(=O)c3ccccc3C2=O)ccc1N1CCCCCC1. The third kappa shape index (κ3) is 2.64. The number of nitrogens with zero attached hydrogens (tertiary/aromatic N) is 3. The quantitative estimate of drug-likeness (QED) is 0.778. The minimum Gasteiger partial charge on any atom is -0.370 e. The lowest BCUT2D eigenvalue weighted by Gasteiger charge is -2.25. The molecule has 0 radical (unpaired) electrons. The maximum atomic E-state index is 12.7. The van der Waals surface area contributed by atoms with Gasteiger partial charge in [-0.1, -0.05) is 25.0 Å². The van der Waals surface area contributed by atoms with Crippen LogP contribution in [0.15, 0.2) is 42.5 Å². The fourth-order valence-corrected chi connectivity index (χ4v) is 3.76. The summed E-state index contributed by atoms with van der Waals surface area (Å²) in [4.78, 5) is 28.7. The van der Waals surface area contributed by atoms with Gasteiger partial charge < -0.3 is 4.90 Å². The van der Waals surface area contributed by atoms with Crippen LogP contribution in [0.3, 0.4) is 0 Å². The molecule has 0 atom stereocenters. The maximum Gasteiger partial charge on any atom is 0.266 e. The number of hydrogen-bond donors (Lipinski definition) is 0. The zero-order chi connectivity index (χ0) is 18.1. The maximum absolute atomic E-state index is 12.7. The highest BCUT2D eigenvalue weighted by Crippen LogP contribution is 2.32. The predicted molar refractivity (Wildman–Crippen MR) is 99.4 cm³/mol. The van der Waals surface area contributed by atoms with Gasteiger partial charge in [0.2, 0.25) is 0 Å². The van der Waals surface area contributed by atoms with E-state index in [-0.39, 0.29) is 11.8 Å². The molecular formula is C21H19N3O2. The van der Waals surface area contributed by atoms with Crippen LogP contribution in [0.1, 0.15) is 52.0 Å². The predicted octanol–water partition coefficient (Wildman–Crippen LogP) is 3.74. The molecule has 130 valence electrons. The highest BCUT2D eigenvalue weighted by molar-refractivity contribution is 6.34. The Balaban J connectivity index is 1.70. The summed E-state index contributed by atoms with van der Waals surface area (Å²) in [7, 11) is 0. The molecule has 0 saturated carbocycles. The number of fused-ring (bicyclic) bond motifs is 1. The molecule has 0 N–H and O–H groups in total. The van der Waals surface area contributed by atoms with Crippen LogP contribution in [-0.4, -0.2) is 24.9 Å². The molecule has 2 aliphatic heterocycles. The number of rotatable bonds is 2. The molecule has 4 rings (SSSR count). The van der Waals surface area contributed by atoms with Gasteiger partial charge in [0.05, 0.1) is 28.1 Å². The molecule has 2 heterocycles. The zero-order valence-electron chi connectivity index (χ0n) is 14.4. The number of carbonyl (C=O) groups is 2. The molecule has 5 nitrogen and oxygen atoms in total. The Morgan fingerprint density at radius 2 is 1.46 bits per heavy atom. The highest BCUT2D eigenvalue weighted by Gasteiger charge is 2.36. The average Bonchev–Trinajstić information content (AvgIpc) is 2.86. The van der Waals surface area contributed by atoms with E-state index in [0.717, 1.165) is 36.5 Å². The molecule has 0 aromatic heterocycles. The van der Waals surface area contributed by atoms with E-state index in [0.29, 0.717) is 22.4 Å². The summed E-state index contributed by atoms with van der Waals surface area (Å²) in [5.41, 5.74) is 2.65. The third-order valence-electron chi connectivity index (χ3n) is 5.10. The second-order valence-corrected chi connectivity index (χ2v) is 6.71. The average molecular weight is 345 g/mol. The van der Waals surface area contributed by atoms with Crippen molar-refractivity contribution in [2.24, 2.45) is 0 Å². The lowest BCUT2D eigenvalue weighted by molar-refractivity contribution is 0.0926. The number of nitriles is 1. The van der Waals surface area contributed by atoms with Gasteiger partial charge in [0.15, 0.2) is 0 Å². The van der Waals surface area contributed by atoms with Crippen LogP contribution in [-0.2, 0) is 0 Å². The van der Waals surface area contributed by atoms with Crippen LogP contribution in [0.4, 0.5) is 11.4 Å². The van der Waals surface area contributed by atoms with E-state index in [4.69, 9.17) is 0 Å². The topological polar surface area (TPSA) is 64.4 Å². The Hall–Kier alpha value is -3.13. The molecule has 0 aliphatic carbocycles. The molecule has 2 amide bonds. The van der Waals surface area contributed by atoms with E-state index >= 15 is 0 Å². The fourth-order valence-electron chi connectivity index (χ4n) is 3.76. The summed E-state index contributed by atoms with van der Waals surface area (Å²) < 4.78 is 0. The first kappa shape index (κ1) is 16.3. The molecule has 1 saturated heterocycles. The van der Waals surface area contributed by atoms with Gasteiger partial charge in [0.1, 0.15) is 6.07 Å². The van der Waals surface area contributed by atoms with Crippen molar-refractivity contribution in [3.8, 4) is 6.07 Å². The highest BCUT2D eigenvalue weighted by atomic mass is 16.2. The van der Waals surface area contributed by atoms with Crippen LogP contribution in [0.5, 0.6) is 0 Å². The van der Waals surface area contributed by atoms with Crippen molar-refractivity contribution < 1.29 is 9.59 Å². The van der Waals surface area contributed by atoms with Gasteiger partial charge in [0, 0.05) is 13.1 Å². The Morgan fingerprint density at radius 3 is 2.04 bits per heavy atom. The monoisotopic (exact) mass is 345 g/mol. The van der Waals surface area contributed by atoms with Gasteiger partial charge in [-0.2, -0.15) is 5.26 Å². The Morgan fingerprint density at radius 1 is 0.846 bits per heavy atom. The molecule has 0 bridgehead atoms. The Labute approximate surface area is 152 Å². The summed E-state index contributed by atoms with van der Waals surface area (Å²) in [5, 5.41) is 9.63. The Bertz CT molecular complexity index is 886. The van der Waals surface area contributed by atoms with E-state index < -0.39 is 0 Å². The number of amides is 2. The molecule has 2 aromatic carbocycles. The molecule has 1 fully saturated rings.